The van der Waals surface area contributed by atoms with Crippen molar-refractivity contribution in [2.45, 2.75) is 44.9 Å². The number of nitrogens with zero attached hydrogens (tertiary/aromatic N) is 1. The summed E-state index contributed by atoms with van der Waals surface area (Å²) in [5.74, 6) is -1.19. The maximum atomic E-state index is 12.4. The normalized spacial score (nSPS) is 28.2. The predicted molar refractivity (Wildman–Crippen MR) is 87.1 cm³/mol. The van der Waals surface area contributed by atoms with Gasteiger partial charge in [0.25, 0.3) is 0 Å². The van der Waals surface area contributed by atoms with E-state index < -0.39 is 18.0 Å². The van der Waals surface area contributed by atoms with Gasteiger partial charge in [-0.3, -0.25) is 9.69 Å². The number of benzene rings is 1. The first-order valence-corrected chi connectivity index (χ1v) is 8.05. The number of hydrogen-bond donors (Lipinski definition) is 0. The lowest BCUT2D eigenvalue weighted by atomic mass is 9.83. The van der Waals surface area contributed by atoms with Crippen molar-refractivity contribution in [3.63, 3.8) is 0 Å². The Morgan fingerprint density at radius 3 is 2.48 bits per heavy atom. The van der Waals surface area contributed by atoms with Gasteiger partial charge >= 0.3 is 11.9 Å². The van der Waals surface area contributed by atoms with E-state index in [1.54, 1.807) is 24.3 Å². The van der Waals surface area contributed by atoms with Gasteiger partial charge in [0, 0.05) is 18.5 Å². The Kier molecular flexibility index (Phi) is 5.77. The zero-order chi connectivity index (χ0) is 17.0. The van der Waals surface area contributed by atoms with Gasteiger partial charge in [-0.15, -0.1) is 0 Å². The topological polar surface area (TPSA) is 55.8 Å². The van der Waals surface area contributed by atoms with Gasteiger partial charge in [-0.25, -0.2) is 4.79 Å². The van der Waals surface area contributed by atoms with E-state index in [0.29, 0.717) is 12.0 Å². The largest absolute Gasteiger partial charge is 0.469 e. The number of carbonyl (C=O) groups is 2. The van der Waals surface area contributed by atoms with Crippen LogP contribution in [0.25, 0.3) is 0 Å². The molecule has 0 bridgehead atoms. The van der Waals surface area contributed by atoms with Crippen molar-refractivity contribution in [3.8, 4) is 0 Å². The number of hydrogen-bond acceptors (Lipinski definition) is 5. The molecular formula is C18H25NO4. The van der Waals surface area contributed by atoms with Crippen LogP contribution in [0.2, 0.25) is 0 Å². The van der Waals surface area contributed by atoms with Crippen LogP contribution in [0.5, 0.6) is 0 Å². The zero-order valence-electron chi connectivity index (χ0n) is 14.2. The van der Waals surface area contributed by atoms with Gasteiger partial charge in [-0.1, -0.05) is 25.1 Å². The Bertz CT molecular complexity index is 545. The van der Waals surface area contributed by atoms with Crippen molar-refractivity contribution in [2.75, 3.05) is 14.2 Å². The average molecular weight is 319 g/mol. The second-order valence-corrected chi connectivity index (χ2v) is 6.06. The van der Waals surface area contributed by atoms with Gasteiger partial charge in [-0.2, -0.15) is 0 Å². The maximum Gasteiger partial charge on any atom is 0.338 e. The summed E-state index contributed by atoms with van der Waals surface area (Å²) in [7, 11) is 3.38. The maximum absolute atomic E-state index is 12.4. The number of piperidine rings is 1. The lowest BCUT2D eigenvalue weighted by Gasteiger charge is -2.45. The molecule has 23 heavy (non-hydrogen) atoms. The second kappa shape index (κ2) is 7.59. The van der Waals surface area contributed by atoms with Crippen LogP contribution in [0.4, 0.5) is 0 Å². The molecule has 0 radical (unpaired) electrons. The molecule has 0 amide bonds. The van der Waals surface area contributed by atoms with Crippen LogP contribution < -0.4 is 0 Å². The molecule has 0 aromatic heterocycles. The molecule has 1 saturated heterocycles. The number of likely N-dealkylation sites (tertiary alicyclic amines) is 1. The SMILES string of the molecule is CCC1CC(OC(=O)c2ccccc2)C(C(=O)OC)C(C)N1C. The Hall–Kier alpha value is -1.88. The van der Waals surface area contributed by atoms with E-state index in [1.807, 2.05) is 20.0 Å². The molecule has 4 unspecified atom stereocenters. The first-order valence-electron chi connectivity index (χ1n) is 8.05. The summed E-state index contributed by atoms with van der Waals surface area (Å²) in [6.07, 6.45) is 1.11. The van der Waals surface area contributed by atoms with Crippen LogP contribution >= 0.6 is 0 Å². The summed E-state index contributed by atoms with van der Waals surface area (Å²) in [4.78, 5) is 26.7. The van der Waals surface area contributed by atoms with Crippen LogP contribution in [-0.4, -0.2) is 49.2 Å². The smallest absolute Gasteiger partial charge is 0.338 e. The van der Waals surface area contributed by atoms with E-state index in [4.69, 9.17) is 9.47 Å². The minimum atomic E-state index is -0.472. The fourth-order valence-corrected chi connectivity index (χ4v) is 3.32. The van der Waals surface area contributed by atoms with Gasteiger partial charge in [0.1, 0.15) is 12.0 Å². The Labute approximate surface area is 137 Å². The minimum absolute atomic E-state index is 0.0466. The molecule has 0 N–H and O–H groups in total. The zero-order valence-corrected chi connectivity index (χ0v) is 14.2. The summed E-state index contributed by atoms with van der Waals surface area (Å²) in [5, 5.41) is 0. The van der Waals surface area contributed by atoms with Gasteiger partial charge in [0.05, 0.1) is 12.7 Å². The van der Waals surface area contributed by atoms with Crippen molar-refractivity contribution in [1.82, 2.24) is 4.90 Å². The number of carbonyl (C=O) groups excluding carboxylic acids is 2. The lowest BCUT2D eigenvalue weighted by molar-refractivity contribution is -0.157. The first-order chi connectivity index (χ1) is 11.0. The van der Waals surface area contributed by atoms with E-state index in [1.165, 1.54) is 7.11 Å². The van der Waals surface area contributed by atoms with Gasteiger partial charge in [0.2, 0.25) is 0 Å². The van der Waals surface area contributed by atoms with E-state index in [2.05, 4.69) is 11.8 Å². The molecule has 1 aliphatic heterocycles. The van der Waals surface area contributed by atoms with Crippen LogP contribution in [0.3, 0.4) is 0 Å². The van der Waals surface area contributed by atoms with E-state index in [9.17, 15) is 9.59 Å². The fraction of sp³-hybridized carbons (Fsp3) is 0.556. The molecule has 0 aliphatic carbocycles. The third-order valence-electron chi connectivity index (χ3n) is 4.86. The van der Waals surface area contributed by atoms with Crippen LogP contribution in [0, 0.1) is 5.92 Å². The van der Waals surface area contributed by atoms with E-state index in [-0.39, 0.29) is 18.1 Å². The third kappa shape index (κ3) is 3.72. The first kappa shape index (κ1) is 17.5. The summed E-state index contributed by atoms with van der Waals surface area (Å²) < 4.78 is 10.6. The van der Waals surface area contributed by atoms with Crippen LogP contribution in [0.15, 0.2) is 30.3 Å². The van der Waals surface area contributed by atoms with Crippen molar-refractivity contribution in [2.24, 2.45) is 5.92 Å². The van der Waals surface area contributed by atoms with Gasteiger partial charge in [0.15, 0.2) is 0 Å². The third-order valence-corrected chi connectivity index (χ3v) is 4.86. The molecule has 2 rings (SSSR count). The van der Waals surface area contributed by atoms with Crippen molar-refractivity contribution >= 4 is 11.9 Å². The molecule has 5 nitrogen and oxygen atoms in total. The predicted octanol–water partition coefficient (Wildman–Crippen LogP) is 2.50. The summed E-state index contributed by atoms with van der Waals surface area (Å²) in [6, 6.07) is 9.09. The van der Waals surface area contributed by atoms with Crippen molar-refractivity contribution < 1.29 is 19.1 Å². The second-order valence-electron chi connectivity index (χ2n) is 6.06. The summed E-state index contributed by atoms with van der Waals surface area (Å²) in [5.41, 5.74) is 0.496. The molecule has 1 aliphatic rings. The van der Waals surface area contributed by atoms with Crippen LogP contribution in [-0.2, 0) is 14.3 Å². The monoisotopic (exact) mass is 319 g/mol. The van der Waals surface area contributed by atoms with Crippen molar-refractivity contribution in [3.05, 3.63) is 35.9 Å². The lowest BCUT2D eigenvalue weighted by Crippen LogP contribution is -2.56. The number of rotatable bonds is 4. The van der Waals surface area contributed by atoms with Crippen LogP contribution in [0.1, 0.15) is 37.0 Å². The standard InChI is InChI=1S/C18H25NO4/c1-5-14-11-15(16(18(21)22-4)12(2)19(14)3)23-17(20)13-9-7-6-8-10-13/h6-10,12,14-16H,5,11H2,1-4H3. The fourth-order valence-electron chi connectivity index (χ4n) is 3.32. The molecule has 1 aromatic carbocycles. The molecule has 5 heteroatoms. The molecule has 1 fully saturated rings. The molecule has 1 heterocycles. The molecule has 1 aromatic rings. The number of esters is 2. The molecule has 126 valence electrons. The highest BCUT2D eigenvalue weighted by atomic mass is 16.6. The van der Waals surface area contributed by atoms with Gasteiger partial charge in [-0.05, 0) is 32.5 Å². The molecular weight excluding hydrogens is 294 g/mol. The highest BCUT2D eigenvalue weighted by molar-refractivity contribution is 5.89. The quantitative estimate of drug-likeness (QED) is 0.798. The minimum Gasteiger partial charge on any atom is -0.469 e. The Morgan fingerprint density at radius 1 is 1.26 bits per heavy atom. The van der Waals surface area contributed by atoms with Crippen molar-refractivity contribution in [1.29, 1.82) is 0 Å². The van der Waals surface area contributed by atoms with Gasteiger partial charge < -0.3 is 9.47 Å². The average Bonchev–Trinajstić information content (AvgIpc) is 2.58. The number of ether oxygens (including phenoxy) is 2. The summed E-state index contributed by atoms with van der Waals surface area (Å²) in [6.45, 7) is 4.08. The Morgan fingerprint density at radius 2 is 1.91 bits per heavy atom. The molecule has 4 atom stereocenters. The summed E-state index contributed by atoms with van der Waals surface area (Å²) >= 11 is 0. The highest BCUT2D eigenvalue weighted by Gasteiger charge is 2.45. The highest BCUT2D eigenvalue weighted by Crippen LogP contribution is 2.32. The number of methoxy groups -OCH3 is 1. The van der Waals surface area contributed by atoms with E-state index in [0.717, 1.165) is 6.42 Å². The Balaban J connectivity index is 2.21. The van der Waals surface area contributed by atoms with E-state index >= 15 is 0 Å². The molecule has 0 spiro atoms. The molecule has 0 saturated carbocycles.